The Morgan fingerprint density at radius 3 is 2.24 bits per heavy atom. The Bertz CT molecular complexity index is 771. The lowest BCUT2D eigenvalue weighted by Crippen LogP contribution is -2.15. The molecule has 1 amide bonds. The van der Waals surface area contributed by atoms with E-state index in [1.165, 1.54) is 0 Å². The zero-order valence-electron chi connectivity index (χ0n) is 14.6. The quantitative estimate of drug-likeness (QED) is 0.821. The number of para-hydroxylation sites is 1. The average Bonchev–Trinajstić information content (AvgIpc) is 2.60. The summed E-state index contributed by atoms with van der Waals surface area (Å²) in [6.45, 7) is 3.90. The maximum atomic E-state index is 12.3. The van der Waals surface area contributed by atoms with E-state index in [1.54, 1.807) is 12.1 Å². The molecular weight excluding hydrogens is 312 g/mol. The second-order valence-electron chi connectivity index (χ2n) is 6.11. The molecule has 0 saturated heterocycles. The van der Waals surface area contributed by atoms with Gasteiger partial charge in [-0.3, -0.25) is 9.59 Å². The summed E-state index contributed by atoms with van der Waals surface area (Å²) in [5.41, 5.74) is 3.56. The van der Waals surface area contributed by atoms with Crippen molar-refractivity contribution in [1.82, 2.24) is 0 Å². The van der Waals surface area contributed by atoms with Crippen LogP contribution in [0.25, 0.3) is 0 Å². The summed E-state index contributed by atoms with van der Waals surface area (Å²) in [5.74, 6) is -1.02. The van der Waals surface area contributed by atoms with Crippen molar-refractivity contribution in [3.63, 3.8) is 0 Å². The highest BCUT2D eigenvalue weighted by Gasteiger charge is 2.19. The van der Waals surface area contributed by atoms with E-state index in [1.807, 2.05) is 50.2 Å². The van der Waals surface area contributed by atoms with Crippen LogP contribution in [0.1, 0.15) is 41.9 Å². The fourth-order valence-corrected chi connectivity index (χ4v) is 2.76. The van der Waals surface area contributed by atoms with Gasteiger partial charge < -0.3 is 5.32 Å². The number of aryl methyl sites for hydroxylation is 2. The molecule has 0 aliphatic carbocycles. The lowest BCUT2D eigenvalue weighted by atomic mass is 9.93. The summed E-state index contributed by atoms with van der Waals surface area (Å²) >= 11 is 0. The Balaban J connectivity index is 1.86. The number of rotatable bonds is 7. The van der Waals surface area contributed by atoms with Crippen LogP contribution < -0.4 is 5.32 Å². The summed E-state index contributed by atoms with van der Waals surface area (Å²) in [6.07, 6.45) is 0.903. The van der Waals surface area contributed by atoms with Crippen LogP contribution >= 0.6 is 0 Å². The van der Waals surface area contributed by atoms with Crippen LogP contribution in [0.3, 0.4) is 0 Å². The number of amides is 1. The van der Waals surface area contributed by atoms with E-state index in [9.17, 15) is 14.9 Å². The second kappa shape index (κ2) is 8.79. The number of carbonyl (C=O) groups excluding carboxylic acids is 2. The van der Waals surface area contributed by atoms with Gasteiger partial charge in [0.1, 0.15) is 5.92 Å². The van der Waals surface area contributed by atoms with Crippen LogP contribution in [0.15, 0.2) is 48.5 Å². The van der Waals surface area contributed by atoms with Gasteiger partial charge in [0.15, 0.2) is 5.78 Å². The van der Waals surface area contributed by atoms with Crippen molar-refractivity contribution in [3.05, 3.63) is 65.2 Å². The molecule has 0 heterocycles. The van der Waals surface area contributed by atoms with Gasteiger partial charge in [-0.1, -0.05) is 48.5 Å². The van der Waals surface area contributed by atoms with Gasteiger partial charge in [-0.25, -0.2) is 0 Å². The first-order valence-corrected chi connectivity index (χ1v) is 8.36. The number of Topliss-reactive ketones (excluding diaryl/α,β-unsaturated/α-hetero) is 1. The third-order valence-electron chi connectivity index (χ3n) is 4.16. The number of nitriles is 1. The maximum Gasteiger partial charge on any atom is 0.224 e. The Hall–Kier alpha value is -2.93. The summed E-state index contributed by atoms with van der Waals surface area (Å²) in [5, 5.41) is 12.2. The standard InChI is InChI=1S/C21H22N2O2/c1-15-8-6-9-16(2)21(15)23-20(25)13-7-12-19(24)18(14-22)17-10-4-3-5-11-17/h3-6,8-11,18H,7,12-13H2,1-2H3,(H,23,25)/t18-/m1/s1. The van der Waals surface area contributed by atoms with E-state index in [0.717, 1.165) is 16.8 Å². The van der Waals surface area contributed by atoms with E-state index >= 15 is 0 Å². The number of nitrogens with one attached hydrogen (secondary N) is 1. The third kappa shape index (κ3) is 5.02. The molecule has 0 unspecified atom stereocenters. The van der Waals surface area contributed by atoms with E-state index in [2.05, 4.69) is 11.4 Å². The van der Waals surface area contributed by atoms with Gasteiger partial charge >= 0.3 is 0 Å². The molecule has 2 aromatic carbocycles. The molecule has 0 aliphatic heterocycles. The van der Waals surface area contributed by atoms with Crippen molar-refractivity contribution in [2.24, 2.45) is 0 Å². The highest BCUT2D eigenvalue weighted by Crippen LogP contribution is 2.21. The van der Waals surface area contributed by atoms with E-state index < -0.39 is 5.92 Å². The summed E-state index contributed by atoms with van der Waals surface area (Å²) in [4.78, 5) is 24.4. The monoisotopic (exact) mass is 334 g/mol. The van der Waals surface area contributed by atoms with Crippen LogP contribution in [0.5, 0.6) is 0 Å². The molecule has 1 N–H and O–H groups in total. The second-order valence-corrected chi connectivity index (χ2v) is 6.11. The first-order valence-electron chi connectivity index (χ1n) is 8.36. The Morgan fingerprint density at radius 1 is 1.00 bits per heavy atom. The molecule has 0 bridgehead atoms. The van der Waals surface area contributed by atoms with Gasteiger partial charge in [-0.2, -0.15) is 5.26 Å². The van der Waals surface area contributed by atoms with Crippen molar-refractivity contribution < 1.29 is 9.59 Å². The molecule has 128 valence electrons. The van der Waals surface area contributed by atoms with Crippen molar-refractivity contribution in [2.45, 2.75) is 39.0 Å². The minimum Gasteiger partial charge on any atom is -0.326 e. The zero-order valence-corrected chi connectivity index (χ0v) is 14.6. The molecular formula is C21H22N2O2. The molecule has 4 nitrogen and oxygen atoms in total. The maximum absolute atomic E-state index is 12.3. The van der Waals surface area contributed by atoms with Gasteiger partial charge in [0.25, 0.3) is 0 Å². The molecule has 0 fully saturated rings. The smallest absolute Gasteiger partial charge is 0.224 e. The van der Waals surface area contributed by atoms with Gasteiger partial charge in [0.05, 0.1) is 6.07 Å². The number of ketones is 1. The molecule has 0 saturated carbocycles. The fraction of sp³-hybridized carbons (Fsp3) is 0.286. The van der Waals surface area contributed by atoms with Gasteiger partial charge in [0, 0.05) is 18.5 Å². The summed E-state index contributed by atoms with van der Waals surface area (Å²) in [7, 11) is 0. The number of hydrogen-bond donors (Lipinski definition) is 1. The highest BCUT2D eigenvalue weighted by molar-refractivity contribution is 5.93. The van der Waals surface area contributed by atoms with Crippen LogP contribution in [0.2, 0.25) is 0 Å². The van der Waals surface area contributed by atoms with E-state index in [-0.39, 0.29) is 24.5 Å². The molecule has 0 spiro atoms. The number of hydrogen-bond acceptors (Lipinski definition) is 3. The van der Waals surface area contributed by atoms with E-state index in [0.29, 0.717) is 12.0 Å². The van der Waals surface area contributed by atoms with Crippen LogP contribution in [0, 0.1) is 25.2 Å². The van der Waals surface area contributed by atoms with E-state index in [4.69, 9.17) is 0 Å². The average molecular weight is 334 g/mol. The third-order valence-corrected chi connectivity index (χ3v) is 4.16. The number of anilines is 1. The molecule has 0 radical (unpaired) electrons. The lowest BCUT2D eigenvalue weighted by molar-refractivity contribution is -0.119. The van der Waals surface area contributed by atoms with Crippen LogP contribution in [-0.4, -0.2) is 11.7 Å². The number of carbonyl (C=O) groups is 2. The molecule has 2 aromatic rings. The first-order chi connectivity index (χ1) is 12.0. The number of benzene rings is 2. The molecule has 25 heavy (non-hydrogen) atoms. The molecule has 2 rings (SSSR count). The van der Waals surface area contributed by atoms with Gasteiger partial charge in [0.2, 0.25) is 5.91 Å². The first kappa shape index (κ1) is 18.4. The normalized spacial score (nSPS) is 11.4. The van der Waals surface area contributed by atoms with Crippen molar-refractivity contribution in [1.29, 1.82) is 5.26 Å². The highest BCUT2D eigenvalue weighted by atomic mass is 16.1. The van der Waals surface area contributed by atoms with Gasteiger partial charge in [-0.15, -0.1) is 0 Å². The molecule has 4 heteroatoms. The van der Waals surface area contributed by atoms with Gasteiger partial charge in [-0.05, 0) is 37.0 Å². The van der Waals surface area contributed by atoms with Crippen molar-refractivity contribution in [3.8, 4) is 6.07 Å². The largest absolute Gasteiger partial charge is 0.326 e. The predicted octanol–water partition coefficient (Wildman–Crippen LogP) is 4.29. The minimum atomic E-state index is -0.761. The topological polar surface area (TPSA) is 70.0 Å². The SMILES string of the molecule is Cc1cccc(C)c1NC(=O)CCCC(=O)[C@H](C#N)c1ccccc1. The molecule has 0 aromatic heterocycles. The zero-order chi connectivity index (χ0) is 18.2. The van der Waals surface area contributed by atoms with Crippen LogP contribution in [0.4, 0.5) is 5.69 Å². The minimum absolute atomic E-state index is 0.113. The predicted molar refractivity (Wildman–Crippen MR) is 98.2 cm³/mol. The lowest BCUT2D eigenvalue weighted by Gasteiger charge is -2.12. The summed E-state index contributed by atoms with van der Waals surface area (Å²) in [6, 6.07) is 16.9. The summed E-state index contributed by atoms with van der Waals surface area (Å²) < 4.78 is 0. The molecule has 1 atom stereocenters. The Kier molecular flexibility index (Phi) is 6.47. The Morgan fingerprint density at radius 2 is 1.64 bits per heavy atom. The number of nitrogens with zero attached hydrogens (tertiary/aromatic N) is 1. The van der Waals surface area contributed by atoms with Crippen molar-refractivity contribution >= 4 is 17.4 Å². The fourth-order valence-electron chi connectivity index (χ4n) is 2.76. The van der Waals surface area contributed by atoms with Crippen molar-refractivity contribution in [2.75, 3.05) is 5.32 Å². The Labute approximate surface area is 148 Å². The molecule has 0 aliphatic rings. The van der Waals surface area contributed by atoms with Crippen LogP contribution in [-0.2, 0) is 9.59 Å².